The lowest BCUT2D eigenvalue weighted by Gasteiger charge is -2.23. The summed E-state index contributed by atoms with van der Waals surface area (Å²) in [5, 5.41) is 2.12. The van der Waals surface area contributed by atoms with E-state index in [2.05, 4.69) is 56.2 Å². The highest BCUT2D eigenvalue weighted by atomic mass is 32.1. The van der Waals surface area contributed by atoms with Gasteiger partial charge in [-0.3, -0.25) is 9.88 Å². The van der Waals surface area contributed by atoms with Gasteiger partial charge in [-0.1, -0.05) is 12.1 Å². The Labute approximate surface area is 156 Å². The fraction of sp³-hybridized carbons (Fsp3) is 0.238. The van der Waals surface area contributed by atoms with Crippen LogP contribution in [-0.2, 0) is 6.54 Å². The number of pyridine rings is 2. The molecular weight excluding hydrogens is 340 g/mol. The van der Waals surface area contributed by atoms with E-state index < -0.39 is 0 Å². The number of fused-ring (bicyclic) bond motifs is 1. The first-order valence-corrected chi connectivity index (χ1v) is 9.90. The first-order chi connectivity index (χ1) is 12.9. The van der Waals surface area contributed by atoms with Crippen molar-refractivity contribution in [1.29, 1.82) is 0 Å². The molecule has 0 aliphatic carbocycles. The van der Waals surface area contributed by atoms with Crippen molar-refractivity contribution in [3.05, 3.63) is 78.0 Å². The molecule has 1 atom stereocenters. The van der Waals surface area contributed by atoms with Crippen LogP contribution in [0.25, 0.3) is 16.0 Å². The van der Waals surface area contributed by atoms with Crippen molar-refractivity contribution in [2.45, 2.75) is 25.4 Å². The molecule has 1 aliphatic rings. The van der Waals surface area contributed by atoms with E-state index in [1.54, 1.807) is 11.3 Å². The summed E-state index contributed by atoms with van der Waals surface area (Å²) in [6.07, 6.45) is 10.3. The van der Waals surface area contributed by atoms with E-state index in [-0.39, 0.29) is 0 Å². The second-order valence-corrected chi connectivity index (χ2v) is 7.75. The number of imidazole rings is 1. The quantitative estimate of drug-likeness (QED) is 0.524. The largest absolute Gasteiger partial charge is 0.305 e. The number of aromatic nitrogens is 3. The lowest BCUT2D eigenvalue weighted by molar-refractivity contribution is 0.246. The molecule has 0 N–H and O–H groups in total. The van der Waals surface area contributed by atoms with Crippen LogP contribution in [0.3, 0.4) is 0 Å². The molecule has 5 heteroatoms. The van der Waals surface area contributed by atoms with Gasteiger partial charge in [-0.2, -0.15) is 0 Å². The maximum Gasteiger partial charge on any atom is 0.0996 e. The van der Waals surface area contributed by atoms with Gasteiger partial charge in [-0.05, 0) is 54.6 Å². The summed E-state index contributed by atoms with van der Waals surface area (Å²) >= 11 is 1.77. The molecule has 0 saturated carbocycles. The Kier molecular flexibility index (Phi) is 4.03. The van der Waals surface area contributed by atoms with Crippen LogP contribution in [-0.4, -0.2) is 25.8 Å². The number of hydrogen-bond acceptors (Lipinski definition) is 4. The van der Waals surface area contributed by atoms with Crippen molar-refractivity contribution in [1.82, 2.24) is 19.3 Å². The van der Waals surface area contributed by atoms with Gasteiger partial charge in [0.05, 0.1) is 23.6 Å². The summed E-state index contributed by atoms with van der Waals surface area (Å²) in [4.78, 5) is 12.9. The lowest BCUT2D eigenvalue weighted by Crippen LogP contribution is -2.23. The van der Waals surface area contributed by atoms with Gasteiger partial charge in [-0.15, -0.1) is 11.3 Å². The molecule has 0 unspecified atom stereocenters. The van der Waals surface area contributed by atoms with Gasteiger partial charge < -0.3 is 4.40 Å². The van der Waals surface area contributed by atoms with Gasteiger partial charge in [0.25, 0.3) is 0 Å². The molecule has 4 aromatic heterocycles. The van der Waals surface area contributed by atoms with Crippen LogP contribution in [0.4, 0.5) is 0 Å². The Morgan fingerprint density at radius 3 is 3.00 bits per heavy atom. The first-order valence-electron chi connectivity index (χ1n) is 9.02. The van der Waals surface area contributed by atoms with Crippen molar-refractivity contribution < 1.29 is 0 Å². The summed E-state index contributed by atoms with van der Waals surface area (Å²) in [7, 11) is 0. The third-order valence-electron chi connectivity index (χ3n) is 5.15. The Morgan fingerprint density at radius 2 is 2.15 bits per heavy atom. The molecule has 0 radical (unpaired) electrons. The maximum absolute atomic E-state index is 4.80. The van der Waals surface area contributed by atoms with Gasteiger partial charge in [0, 0.05) is 35.6 Å². The molecule has 1 aliphatic heterocycles. The molecular formula is C21H20N4S. The third kappa shape index (κ3) is 2.83. The molecule has 5 rings (SSSR count). The van der Waals surface area contributed by atoms with Gasteiger partial charge in [0.2, 0.25) is 0 Å². The van der Waals surface area contributed by atoms with Crippen LogP contribution in [0.2, 0.25) is 0 Å². The Balaban J connectivity index is 1.46. The highest BCUT2D eigenvalue weighted by Gasteiger charge is 2.29. The van der Waals surface area contributed by atoms with Crippen molar-refractivity contribution in [3.8, 4) is 10.4 Å². The number of thiophene rings is 1. The van der Waals surface area contributed by atoms with Crippen LogP contribution < -0.4 is 0 Å². The van der Waals surface area contributed by atoms with E-state index >= 15 is 0 Å². The summed E-state index contributed by atoms with van der Waals surface area (Å²) in [6, 6.07) is 13.2. The molecule has 26 heavy (non-hydrogen) atoms. The molecule has 4 aromatic rings. The van der Waals surface area contributed by atoms with E-state index in [1.807, 2.05) is 24.8 Å². The predicted octanol–water partition coefficient (Wildman–Crippen LogP) is 4.79. The minimum atomic E-state index is 0.382. The van der Waals surface area contributed by atoms with Crippen molar-refractivity contribution in [2.24, 2.45) is 0 Å². The van der Waals surface area contributed by atoms with Crippen molar-refractivity contribution in [2.75, 3.05) is 6.54 Å². The van der Waals surface area contributed by atoms with Gasteiger partial charge >= 0.3 is 0 Å². The van der Waals surface area contributed by atoms with E-state index in [4.69, 9.17) is 4.98 Å². The van der Waals surface area contributed by atoms with Gasteiger partial charge in [-0.25, -0.2) is 4.98 Å². The highest BCUT2D eigenvalue weighted by Crippen LogP contribution is 2.35. The Bertz CT molecular complexity index is 1010. The standard InChI is InChI=1S/C21H20N4S/c1-4-16(12-22-9-1)13-24-10-2-5-18(24)21-19-8-7-17(14-25(19)15-23-21)20-6-3-11-26-20/h1,3-4,6-9,11-12,14-15,18H,2,5,10,13H2/t18-/m0/s1. The molecule has 130 valence electrons. The van der Waals surface area contributed by atoms with Crippen LogP contribution in [0.5, 0.6) is 0 Å². The highest BCUT2D eigenvalue weighted by molar-refractivity contribution is 7.13. The molecule has 0 bridgehead atoms. The minimum absolute atomic E-state index is 0.382. The topological polar surface area (TPSA) is 33.4 Å². The SMILES string of the molecule is c1cncc(CN2CCC[C@H]2c2ncn3cc(-c4cccs4)ccc23)c1. The molecule has 1 fully saturated rings. The average molecular weight is 360 g/mol. The second kappa shape index (κ2) is 6.67. The first kappa shape index (κ1) is 15.7. The van der Waals surface area contributed by atoms with Crippen LogP contribution in [0.1, 0.15) is 30.1 Å². The third-order valence-corrected chi connectivity index (χ3v) is 6.07. The molecule has 0 spiro atoms. The Morgan fingerprint density at radius 1 is 1.15 bits per heavy atom. The molecule has 4 nitrogen and oxygen atoms in total. The average Bonchev–Trinajstić information content (AvgIpc) is 3.42. The van der Waals surface area contributed by atoms with E-state index in [0.717, 1.165) is 13.1 Å². The number of nitrogens with zero attached hydrogens (tertiary/aromatic N) is 4. The molecule has 0 amide bonds. The van der Waals surface area contributed by atoms with Gasteiger partial charge in [0.15, 0.2) is 0 Å². The van der Waals surface area contributed by atoms with Crippen molar-refractivity contribution >= 4 is 16.9 Å². The number of likely N-dealkylation sites (tertiary alicyclic amines) is 1. The summed E-state index contributed by atoms with van der Waals surface area (Å²) < 4.78 is 2.17. The van der Waals surface area contributed by atoms with E-state index in [1.165, 1.54) is 40.1 Å². The lowest BCUT2D eigenvalue weighted by atomic mass is 10.1. The van der Waals surface area contributed by atoms with E-state index in [0.29, 0.717) is 6.04 Å². The zero-order valence-corrected chi connectivity index (χ0v) is 15.3. The van der Waals surface area contributed by atoms with Crippen LogP contribution in [0, 0.1) is 0 Å². The predicted molar refractivity (Wildman–Crippen MR) is 105 cm³/mol. The van der Waals surface area contributed by atoms with Crippen molar-refractivity contribution in [3.63, 3.8) is 0 Å². The minimum Gasteiger partial charge on any atom is -0.305 e. The second-order valence-electron chi connectivity index (χ2n) is 6.81. The normalized spacial score (nSPS) is 17.9. The fourth-order valence-corrected chi connectivity index (χ4v) is 4.64. The zero-order valence-electron chi connectivity index (χ0n) is 14.5. The smallest absolute Gasteiger partial charge is 0.0996 e. The monoisotopic (exact) mass is 360 g/mol. The summed E-state index contributed by atoms with van der Waals surface area (Å²) in [5.41, 5.74) is 4.93. The number of hydrogen-bond donors (Lipinski definition) is 0. The fourth-order valence-electron chi connectivity index (χ4n) is 3.92. The maximum atomic E-state index is 4.80. The Hall–Kier alpha value is -2.50. The van der Waals surface area contributed by atoms with E-state index in [9.17, 15) is 0 Å². The molecule has 1 saturated heterocycles. The number of rotatable bonds is 4. The van der Waals surface area contributed by atoms with Gasteiger partial charge in [0.1, 0.15) is 0 Å². The van der Waals surface area contributed by atoms with Crippen LogP contribution in [0.15, 0.2) is 66.7 Å². The molecule has 0 aromatic carbocycles. The molecule has 5 heterocycles. The summed E-state index contributed by atoms with van der Waals surface area (Å²) in [5.74, 6) is 0. The van der Waals surface area contributed by atoms with Crippen LogP contribution >= 0.6 is 11.3 Å². The zero-order chi connectivity index (χ0) is 17.3. The summed E-state index contributed by atoms with van der Waals surface area (Å²) in [6.45, 7) is 2.05.